The molecule has 0 aliphatic carbocycles. The Kier molecular flexibility index (Phi) is 4.46. The van der Waals surface area contributed by atoms with Crippen LogP contribution in [-0.2, 0) is 6.54 Å². The van der Waals surface area contributed by atoms with Gasteiger partial charge in [0.15, 0.2) is 0 Å². The molecule has 0 spiro atoms. The quantitative estimate of drug-likeness (QED) is 0.935. The van der Waals surface area contributed by atoms with Crippen molar-refractivity contribution in [1.82, 2.24) is 15.3 Å². The Morgan fingerprint density at radius 1 is 1.10 bits per heavy atom. The molecule has 1 fully saturated rings. The van der Waals surface area contributed by atoms with Crippen molar-refractivity contribution in [3.05, 3.63) is 54.1 Å². The van der Waals surface area contributed by atoms with Crippen molar-refractivity contribution in [2.45, 2.75) is 32.4 Å². The summed E-state index contributed by atoms with van der Waals surface area (Å²) in [5.41, 5.74) is 3.90. The van der Waals surface area contributed by atoms with Crippen molar-refractivity contribution < 1.29 is 0 Å². The monoisotopic (exact) mass is 282 g/mol. The Labute approximate surface area is 126 Å². The number of aromatic nitrogens is 2. The van der Waals surface area contributed by atoms with Crippen molar-refractivity contribution in [2.75, 3.05) is 18.0 Å². The average molecular weight is 282 g/mol. The molecule has 0 aromatic carbocycles. The molecule has 1 aliphatic rings. The summed E-state index contributed by atoms with van der Waals surface area (Å²) >= 11 is 0. The second kappa shape index (κ2) is 6.68. The Hall–Kier alpha value is -1.94. The number of pyridine rings is 2. The van der Waals surface area contributed by atoms with Gasteiger partial charge in [0.05, 0.1) is 0 Å². The molecule has 1 N–H and O–H groups in total. The fourth-order valence-corrected chi connectivity index (χ4v) is 2.85. The minimum atomic E-state index is 0.607. The second-order valence-electron chi connectivity index (χ2n) is 5.65. The molecule has 21 heavy (non-hydrogen) atoms. The van der Waals surface area contributed by atoms with Gasteiger partial charge >= 0.3 is 0 Å². The van der Waals surface area contributed by atoms with Crippen molar-refractivity contribution in [1.29, 1.82) is 0 Å². The van der Waals surface area contributed by atoms with Crippen LogP contribution in [-0.4, -0.2) is 29.1 Å². The van der Waals surface area contributed by atoms with E-state index in [1.807, 2.05) is 24.8 Å². The summed E-state index contributed by atoms with van der Waals surface area (Å²) < 4.78 is 0. The number of nitrogens with zero attached hydrogens (tertiary/aromatic N) is 3. The minimum Gasteiger partial charge on any atom is -0.371 e. The molecule has 2 aromatic rings. The molecular formula is C17H22N4. The molecule has 2 aromatic heterocycles. The zero-order valence-corrected chi connectivity index (χ0v) is 12.5. The van der Waals surface area contributed by atoms with E-state index < -0.39 is 0 Å². The van der Waals surface area contributed by atoms with Crippen molar-refractivity contribution >= 4 is 5.69 Å². The third-order valence-corrected chi connectivity index (χ3v) is 4.24. The van der Waals surface area contributed by atoms with Crippen molar-refractivity contribution in [3.63, 3.8) is 0 Å². The first-order valence-corrected chi connectivity index (χ1v) is 7.61. The van der Waals surface area contributed by atoms with Crippen LogP contribution in [0.4, 0.5) is 5.69 Å². The lowest BCUT2D eigenvalue weighted by Gasteiger charge is -2.34. The molecule has 0 unspecified atom stereocenters. The van der Waals surface area contributed by atoms with Gasteiger partial charge in [-0.25, -0.2) is 0 Å². The number of hydrogen-bond acceptors (Lipinski definition) is 4. The van der Waals surface area contributed by atoms with Gasteiger partial charge in [0, 0.05) is 56.2 Å². The number of nitrogens with one attached hydrogen (secondary N) is 1. The highest BCUT2D eigenvalue weighted by Crippen LogP contribution is 2.19. The maximum atomic E-state index is 4.14. The molecule has 0 saturated carbocycles. The highest BCUT2D eigenvalue weighted by atomic mass is 15.1. The first kappa shape index (κ1) is 14.0. The van der Waals surface area contributed by atoms with Crippen LogP contribution in [0, 0.1) is 6.92 Å². The van der Waals surface area contributed by atoms with E-state index >= 15 is 0 Å². The standard InChI is InChI=1S/C17H22N4/c1-14-12-19-7-2-15(14)13-20-16-5-10-21(11-6-16)17-3-8-18-9-4-17/h2-4,7-9,12,16,20H,5-6,10-11,13H2,1H3. The van der Waals surface area contributed by atoms with E-state index in [4.69, 9.17) is 0 Å². The summed E-state index contributed by atoms with van der Waals surface area (Å²) in [7, 11) is 0. The molecule has 4 heteroatoms. The fraction of sp³-hybridized carbons (Fsp3) is 0.412. The van der Waals surface area contributed by atoms with E-state index in [2.05, 4.69) is 45.3 Å². The topological polar surface area (TPSA) is 41.1 Å². The lowest BCUT2D eigenvalue weighted by atomic mass is 10.0. The number of rotatable bonds is 4. The first-order valence-electron chi connectivity index (χ1n) is 7.61. The molecule has 4 nitrogen and oxygen atoms in total. The van der Waals surface area contributed by atoms with Crippen LogP contribution in [0.3, 0.4) is 0 Å². The average Bonchev–Trinajstić information content (AvgIpc) is 2.55. The van der Waals surface area contributed by atoms with E-state index in [0.717, 1.165) is 19.6 Å². The van der Waals surface area contributed by atoms with Crippen LogP contribution in [0.25, 0.3) is 0 Å². The molecule has 0 atom stereocenters. The Morgan fingerprint density at radius 2 is 1.81 bits per heavy atom. The normalized spacial score (nSPS) is 16.1. The Balaban J connectivity index is 1.49. The summed E-state index contributed by atoms with van der Waals surface area (Å²) in [6.07, 6.45) is 9.91. The Bertz CT molecular complexity index is 562. The number of anilines is 1. The largest absolute Gasteiger partial charge is 0.371 e. The van der Waals surface area contributed by atoms with Gasteiger partial charge in [-0.05, 0) is 49.1 Å². The van der Waals surface area contributed by atoms with Gasteiger partial charge in [0.25, 0.3) is 0 Å². The summed E-state index contributed by atoms with van der Waals surface area (Å²) in [4.78, 5) is 10.7. The maximum absolute atomic E-state index is 4.14. The zero-order valence-electron chi connectivity index (χ0n) is 12.5. The van der Waals surface area contributed by atoms with Crippen LogP contribution >= 0.6 is 0 Å². The summed E-state index contributed by atoms with van der Waals surface area (Å²) in [5, 5.41) is 3.68. The van der Waals surface area contributed by atoms with Gasteiger partial charge in [0.2, 0.25) is 0 Å². The highest BCUT2D eigenvalue weighted by Gasteiger charge is 2.18. The highest BCUT2D eigenvalue weighted by molar-refractivity contribution is 5.44. The third kappa shape index (κ3) is 3.58. The van der Waals surface area contributed by atoms with E-state index in [9.17, 15) is 0 Å². The lowest BCUT2D eigenvalue weighted by Crippen LogP contribution is -2.42. The molecule has 3 heterocycles. The van der Waals surface area contributed by atoms with E-state index in [1.54, 1.807) is 0 Å². The van der Waals surface area contributed by atoms with Crippen molar-refractivity contribution in [3.8, 4) is 0 Å². The van der Waals surface area contributed by atoms with Crippen LogP contribution in [0.1, 0.15) is 24.0 Å². The van der Waals surface area contributed by atoms with Gasteiger partial charge in [-0.1, -0.05) is 0 Å². The summed E-state index contributed by atoms with van der Waals surface area (Å²) in [5.74, 6) is 0. The molecule has 1 aliphatic heterocycles. The van der Waals surface area contributed by atoms with Gasteiger partial charge in [-0.2, -0.15) is 0 Å². The fourth-order valence-electron chi connectivity index (χ4n) is 2.85. The predicted octanol–water partition coefficient (Wildman–Crippen LogP) is 2.54. The molecule has 0 bridgehead atoms. The second-order valence-corrected chi connectivity index (χ2v) is 5.65. The number of hydrogen-bond donors (Lipinski definition) is 1. The summed E-state index contributed by atoms with van der Waals surface area (Å²) in [6, 6.07) is 6.90. The van der Waals surface area contributed by atoms with E-state index in [0.29, 0.717) is 6.04 Å². The van der Waals surface area contributed by atoms with Crippen LogP contribution in [0.2, 0.25) is 0 Å². The van der Waals surface area contributed by atoms with Gasteiger partial charge in [-0.15, -0.1) is 0 Å². The van der Waals surface area contributed by atoms with Gasteiger partial charge < -0.3 is 10.2 Å². The maximum Gasteiger partial charge on any atom is 0.0397 e. The third-order valence-electron chi connectivity index (χ3n) is 4.24. The lowest BCUT2D eigenvalue weighted by molar-refractivity contribution is 0.413. The smallest absolute Gasteiger partial charge is 0.0397 e. The van der Waals surface area contributed by atoms with Crippen LogP contribution < -0.4 is 10.2 Å². The summed E-state index contributed by atoms with van der Waals surface area (Å²) in [6.45, 7) is 5.28. The molecule has 110 valence electrons. The molecule has 1 saturated heterocycles. The Morgan fingerprint density at radius 3 is 2.52 bits per heavy atom. The van der Waals surface area contributed by atoms with Crippen LogP contribution in [0.15, 0.2) is 43.0 Å². The molecule has 0 amide bonds. The molecule has 0 radical (unpaired) electrons. The predicted molar refractivity (Wildman–Crippen MR) is 85.3 cm³/mol. The first-order chi connectivity index (χ1) is 10.3. The number of piperidine rings is 1. The van der Waals surface area contributed by atoms with Gasteiger partial charge in [-0.3, -0.25) is 9.97 Å². The van der Waals surface area contributed by atoms with Crippen molar-refractivity contribution in [2.24, 2.45) is 0 Å². The SMILES string of the molecule is Cc1cnccc1CNC1CCN(c2ccncc2)CC1. The van der Waals surface area contributed by atoms with E-state index in [1.165, 1.54) is 29.7 Å². The number of aryl methyl sites for hydroxylation is 1. The minimum absolute atomic E-state index is 0.607. The zero-order chi connectivity index (χ0) is 14.5. The molecule has 3 rings (SSSR count). The van der Waals surface area contributed by atoms with E-state index in [-0.39, 0.29) is 0 Å². The molecular weight excluding hydrogens is 260 g/mol. The van der Waals surface area contributed by atoms with Gasteiger partial charge in [0.1, 0.15) is 0 Å². The van der Waals surface area contributed by atoms with Crippen LogP contribution in [0.5, 0.6) is 0 Å².